The Labute approximate surface area is 157 Å². The number of nitrogens with zero attached hydrogens (tertiary/aromatic N) is 3. The highest BCUT2D eigenvalue weighted by Gasteiger charge is 2.27. The second kappa shape index (κ2) is 8.67. The van der Waals surface area contributed by atoms with Crippen LogP contribution >= 0.6 is 23.1 Å². The maximum absolute atomic E-state index is 12.7. The van der Waals surface area contributed by atoms with Crippen LogP contribution in [0.5, 0.6) is 0 Å². The first kappa shape index (κ1) is 18.2. The number of piperidine rings is 1. The second-order valence-electron chi connectivity index (χ2n) is 6.34. The Bertz CT molecular complexity index is 683. The molecule has 1 aromatic carbocycles. The molecular weight excluding hydrogens is 352 g/mol. The Morgan fingerprint density at radius 2 is 2.04 bits per heavy atom. The average molecular weight is 377 g/mol. The van der Waals surface area contributed by atoms with Crippen molar-refractivity contribution in [2.45, 2.75) is 35.8 Å². The van der Waals surface area contributed by atoms with Crippen LogP contribution in [0.4, 0.5) is 5.13 Å². The number of carbonyl (C=O) groups excluding carboxylic acids is 1. The quantitative estimate of drug-likeness (QED) is 0.782. The van der Waals surface area contributed by atoms with Crippen LogP contribution in [0.25, 0.3) is 0 Å². The summed E-state index contributed by atoms with van der Waals surface area (Å²) in [7, 11) is 1.82. The fraction of sp³-hybridized carbons (Fsp3) is 0.500. The molecule has 1 N–H and O–H groups in total. The van der Waals surface area contributed by atoms with E-state index in [1.807, 2.05) is 18.9 Å². The Balaban J connectivity index is 1.47. The lowest BCUT2D eigenvalue weighted by Gasteiger charge is -2.33. The van der Waals surface area contributed by atoms with Gasteiger partial charge in [-0.2, -0.15) is 0 Å². The van der Waals surface area contributed by atoms with Crippen LogP contribution < -0.4 is 5.32 Å². The molecule has 25 heavy (non-hydrogen) atoms. The van der Waals surface area contributed by atoms with Crippen LogP contribution in [0, 0.1) is 5.92 Å². The molecule has 2 heterocycles. The molecule has 0 aliphatic carbocycles. The first-order chi connectivity index (χ1) is 12.2. The molecule has 1 amide bonds. The van der Waals surface area contributed by atoms with E-state index in [2.05, 4.69) is 45.8 Å². The van der Waals surface area contributed by atoms with Gasteiger partial charge >= 0.3 is 0 Å². The Hall–Kier alpha value is -1.60. The number of benzene rings is 1. The van der Waals surface area contributed by atoms with Gasteiger partial charge in [-0.3, -0.25) is 4.79 Å². The minimum absolute atomic E-state index is 0.122. The molecular formula is C18H24N4OS2. The van der Waals surface area contributed by atoms with Crippen LogP contribution in [0.1, 0.15) is 25.3 Å². The van der Waals surface area contributed by atoms with Crippen LogP contribution in [0.2, 0.25) is 0 Å². The SMILES string of the molecule is CNc1nnc(S[C@@H](C)C(=O)N2CCC(Cc3ccccc3)CC2)s1. The van der Waals surface area contributed by atoms with Gasteiger partial charge in [0.05, 0.1) is 5.25 Å². The number of aromatic nitrogens is 2. The van der Waals surface area contributed by atoms with E-state index in [1.165, 1.54) is 28.7 Å². The maximum Gasteiger partial charge on any atom is 0.235 e. The largest absolute Gasteiger partial charge is 0.363 e. The Morgan fingerprint density at radius 1 is 1.32 bits per heavy atom. The monoisotopic (exact) mass is 376 g/mol. The Morgan fingerprint density at radius 3 is 2.68 bits per heavy atom. The zero-order valence-corrected chi connectivity index (χ0v) is 16.3. The number of thioether (sulfide) groups is 1. The van der Waals surface area contributed by atoms with Crippen molar-refractivity contribution in [1.29, 1.82) is 0 Å². The van der Waals surface area contributed by atoms with Crippen molar-refractivity contribution in [1.82, 2.24) is 15.1 Å². The summed E-state index contributed by atoms with van der Waals surface area (Å²) < 4.78 is 0.837. The van der Waals surface area contributed by atoms with Gasteiger partial charge in [-0.25, -0.2) is 0 Å². The number of amides is 1. The van der Waals surface area contributed by atoms with Gasteiger partial charge in [-0.1, -0.05) is 53.4 Å². The predicted octanol–water partition coefficient (Wildman–Crippen LogP) is 3.54. The van der Waals surface area contributed by atoms with Crippen molar-refractivity contribution in [2.75, 3.05) is 25.5 Å². The van der Waals surface area contributed by atoms with E-state index in [9.17, 15) is 4.79 Å². The summed E-state index contributed by atoms with van der Waals surface area (Å²) in [5.74, 6) is 0.889. The summed E-state index contributed by atoms with van der Waals surface area (Å²) in [4.78, 5) is 14.7. The predicted molar refractivity (Wildman–Crippen MR) is 104 cm³/mol. The molecule has 7 heteroatoms. The second-order valence-corrected chi connectivity index (χ2v) is 8.91. The normalized spacial score (nSPS) is 16.6. The lowest BCUT2D eigenvalue weighted by atomic mass is 9.90. The van der Waals surface area contributed by atoms with Crippen LogP contribution in [-0.2, 0) is 11.2 Å². The van der Waals surface area contributed by atoms with Crippen LogP contribution in [0.15, 0.2) is 34.7 Å². The van der Waals surface area contributed by atoms with E-state index in [0.717, 1.165) is 41.8 Å². The molecule has 2 aromatic rings. The first-order valence-electron chi connectivity index (χ1n) is 8.66. The molecule has 3 rings (SSSR count). The van der Waals surface area contributed by atoms with Crippen molar-refractivity contribution in [3.8, 4) is 0 Å². The van der Waals surface area contributed by atoms with Crippen LogP contribution in [0.3, 0.4) is 0 Å². The molecule has 0 saturated carbocycles. The highest BCUT2D eigenvalue weighted by Crippen LogP contribution is 2.30. The van der Waals surface area contributed by atoms with Crippen molar-refractivity contribution in [2.24, 2.45) is 5.92 Å². The van der Waals surface area contributed by atoms with E-state index in [-0.39, 0.29) is 11.2 Å². The third-order valence-corrected chi connectivity index (χ3v) is 6.65. The molecule has 1 atom stereocenters. The lowest BCUT2D eigenvalue weighted by Crippen LogP contribution is -2.42. The van der Waals surface area contributed by atoms with Gasteiger partial charge in [0.15, 0.2) is 4.34 Å². The minimum Gasteiger partial charge on any atom is -0.363 e. The van der Waals surface area contributed by atoms with Gasteiger partial charge in [0, 0.05) is 20.1 Å². The fourth-order valence-electron chi connectivity index (χ4n) is 3.12. The van der Waals surface area contributed by atoms with Crippen molar-refractivity contribution < 1.29 is 4.79 Å². The zero-order chi connectivity index (χ0) is 17.6. The Kier molecular flexibility index (Phi) is 6.31. The molecule has 1 aliphatic heterocycles. The zero-order valence-electron chi connectivity index (χ0n) is 14.6. The number of anilines is 1. The molecule has 1 aromatic heterocycles. The van der Waals surface area contributed by atoms with Gasteiger partial charge in [0.1, 0.15) is 0 Å². The first-order valence-corrected chi connectivity index (χ1v) is 10.4. The maximum atomic E-state index is 12.7. The smallest absolute Gasteiger partial charge is 0.235 e. The highest BCUT2D eigenvalue weighted by atomic mass is 32.2. The summed E-state index contributed by atoms with van der Waals surface area (Å²) >= 11 is 2.98. The molecule has 134 valence electrons. The average Bonchev–Trinajstić information content (AvgIpc) is 3.10. The highest BCUT2D eigenvalue weighted by molar-refractivity contribution is 8.02. The van der Waals surface area contributed by atoms with Gasteiger partial charge in [0.25, 0.3) is 0 Å². The molecule has 0 radical (unpaired) electrons. The summed E-state index contributed by atoms with van der Waals surface area (Å²) in [6.07, 6.45) is 3.28. The molecule has 0 unspecified atom stereocenters. The fourth-order valence-corrected chi connectivity index (χ4v) is 5.06. The number of hydrogen-bond donors (Lipinski definition) is 1. The molecule has 1 fully saturated rings. The van der Waals surface area contributed by atoms with Crippen molar-refractivity contribution in [3.05, 3.63) is 35.9 Å². The van der Waals surface area contributed by atoms with Gasteiger partial charge in [0.2, 0.25) is 11.0 Å². The minimum atomic E-state index is -0.122. The van der Waals surface area contributed by atoms with Gasteiger partial charge in [-0.15, -0.1) is 10.2 Å². The third kappa shape index (κ3) is 4.95. The van der Waals surface area contributed by atoms with Crippen molar-refractivity contribution in [3.63, 3.8) is 0 Å². The van der Waals surface area contributed by atoms with Gasteiger partial charge < -0.3 is 10.2 Å². The third-order valence-electron chi connectivity index (χ3n) is 4.54. The number of hydrogen-bond acceptors (Lipinski definition) is 6. The summed E-state index contributed by atoms with van der Waals surface area (Å²) in [6, 6.07) is 10.6. The lowest BCUT2D eigenvalue weighted by molar-refractivity contribution is -0.131. The number of rotatable bonds is 6. The summed E-state index contributed by atoms with van der Waals surface area (Å²) in [5.41, 5.74) is 1.40. The van der Waals surface area contributed by atoms with E-state index < -0.39 is 0 Å². The van der Waals surface area contributed by atoms with Gasteiger partial charge in [-0.05, 0) is 37.7 Å². The van der Waals surface area contributed by atoms with E-state index in [4.69, 9.17) is 0 Å². The molecule has 5 nitrogen and oxygen atoms in total. The molecule has 0 bridgehead atoms. The number of likely N-dealkylation sites (tertiary alicyclic amines) is 1. The van der Waals surface area contributed by atoms with E-state index >= 15 is 0 Å². The van der Waals surface area contributed by atoms with Crippen molar-refractivity contribution >= 4 is 34.1 Å². The molecule has 0 spiro atoms. The van der Waals surface area contributed by atoms with E-state index in [1.54, 1.807) is 0 Å². The molecule has 1 saturated heterocycles. The van der Waals surface area contributed by atoms with E-state index in [0.29, 0.717) is 5.92 Å². The topological polar surface area (TPSA) is 58.1 Å². The summed E-state index contributed by atoms with van der Waals surface area (Å²) in [6.45, 7) is 3.68. The standard InChI is InChI=1S/C18H24N4OS2/c1-13(24-18-21-20-17(19-2)25-18)16(23)22-10-8-15(9-11-22)12-14-6-4-3-5-7-14/h3-7,13,15H,8-12H2,1-2H3,(H,19,20)/t13-/m0/s1. The number of nitrogens with one attached hydrogen (secondary N) is 1. The van der Waals surface area contributed by atoms with Crippen LogP contribution in [-0.4, -0.2) is 46.4 Å². The number of carbonyl (C=O) groups is 1. The molecule has 1 aliphatic rings. The summed E-state index contributed by atoms with van der Waals surface area (Å²) in [5, 5.41) is 11.8.